The van der Waals surface area contributed by atoms with Crippen molar-refractivity contribution in [2.45, 2.75) is 75.9 Å². The van der Waals surface area contributed by atoms with Crippen molar-refractivity contribution in [2.24, 2.45) is 15.7 Å². The molecule has 0 bridgehead atoms. The average Bonchev–Trinajstić information content (AvgIpc) is 2.33. The summed E-state index contributed by atoms with van der Waals surface area (Å²) in [6, 6.07) is 4.29. The molecule has 0 aromatic carbocycles. The standard InChI is InChI=1S/C13H23N3/c14-11-6-8-13(9-7-11)16-10-15-12-4-2-1-3-5-12/h11-13H,1-9,14H2. The van der Waals surface area contributed by atoms with Gasteiger partial charge in [-0.05, 0) is 38.5 Å². The molecule has 0 unspecified atom stereocenters. The largest absolute Gasteiger partial charge is 0.328 e. The quantitative estimate of drug-likeness (QED) is 0.716. The van der Waals surface area contributed by atoms with Gasteiger partial charge >= 0.3 is 0 Å². The molecular formula is C13H23N3. The van der Waals surface area contributed by atoms with E-state index in [4.69, 9.17) is 5.73 Å². The zero-order chi connectivity index (χ0) is 11.2. The van der Waals surface area contributed by atoms with E-state index in [1.807, 2.05) is 0 Å². The smallest absolute Gasteiger partial charge is 0.0898 e. The number of hydrogen-bond donors (Lipinski definition) is 1. The first-order chi connectivity index (χ1) is 7.84. The maximum absolute atomic E-state index is 5.86. The normalized spacial score (nSPS) is 31.8. The molecule has 2 rings (SSSR count). The molecule has 0 spiro atoms. The second-order valence-electron chi connectivity index (χ2n) is 5.22. The molecule has 2 fully saturated rings. The van der Waals surface area contributed by atoms with Crippen LogP contribution in [-0.2, 0) is 0 Å². The molecule has 90 valence electrons. The Labute approximate surface area is 98.2 Å². The Morgan fingerprint density at radius 1 is 0.750 bits per heavy atom. The Balaban J connectivity index is 1.76. The van der Waals surface area contributed by atoms with Crippen LogP contribution in [0.3, 0.4) is 0 Å². The summed E-state index contributed by atoms with van der Waals surface area (Å²) in [6.45, 7) is 0. The summed E-state index contributed by atoms with van der Waals surface area (Å²) < 4.78 is 0. The van der Waals surface area contributed by atoms with Crippen LogP contribution in [0.25, 0.3) is 0 Å². The van der Waals surface area contributed by atoms with Crippen LogP contribution < -0.4 is 5.73 Å². The first-order valence-corrected chi connectivity index (χ1v) is 6.75. The highest BCUT2D eigenvalue weighted by molar-refractivity contribution is 5.42. The molecular weight excluding hydrogens is 198 g/mol. The van der Waals surface area contributed by atoms with E-state index in [9.17, 15) is 0 Å². The van der Waals surface area contributed by atoms with Crippen molar-refractivity contribution in [3.05, 3.63) is 0 Å². The fourth-order valence-corrected chi connectivity index (χ4v) is 2.64. The topological polar surface area (TPSA) is 50.7 Å². The predicted octanol–water partition coefficient (Wildman–Crippen LogP) is 2.76. The van der Waals surface area contributed by atoms with E-state index >= 15 is 0 Å². The lowest BCUT2D eigenvalue weighted by Crippen LogP contribution is -2.27. The summed E-state index contributed by atoms with van der Waals surface area (Å²) in [5.41, 5.74) is 5.86. The van der Waals surface area contributed by atoms with E-state index in [0.29, 0.717) is 18.1 Å². The van der Waals surface area contributed by atoms with Crippen LogP contribution in [0.15, 0.2) is 9.98 Å². The van der Waals surface area contributed by atoms with Gasteiger partial charge in [0.15, 0.2) is 0 Å². The molecule has 3 nitrogen and oxygen atoms in total. The third-order valence-corrected chi connectivity index (χ3v) is 3.80. The maximum atomic E-state index is 5.86. The number of hydrogen-bond acceptors (Lipinski definition) is 3. The Morgan fingerprint density at radius 3 is 1.94 bits per heavy atom. The molecule has 3 heteroatoms. The Bertz CT molecular complexity index is 254. The maximum Gasteiger partial charge on any atom is 0.0898 e. The first kappa shape index (κ1) is 11.8. The van der Waals surface area contributed by atoms with Gasteiger partial charge in [0.25, 0.3) is 0 Å². The van der Waals surface area contributed by atoms with Crippen LogP contribution in [-0.4, -0.2) is 24.1 Å². The van der Waals surface area contributed by atoms with Gasteiger partial charge in [0, 0.05) is 6.04 Å². The van der Waals surface area contributed by atoms with Crippen molar-refractivity contribution in [3.63, 3.8) is 0 Å². The summed E-state index contributed by atoms with van der Waals surface area (Å²) in [7, 11) is 0. The molecule has 2 saturated carbocycles. The lowest BCUT2D eigenvalue weighted by atomic mass is 9.92. The van der Waals surface area contributed by atoms with Crippen LogP contribution in [0, 0.1) is 0 Å². The summed E-state index contributed by atoms with van der Waals surface area (Å²) in [6.07, 6.45) is 11.0. The van der Waals surface area contributed by atoms with Crippen LogP contribution in [0.5, 0.6) is 0 Å². The lowest BCUT2D eigenvalue weighted by molar-refractivity contribution is 0.396. The Kier molecular flexibility index (Phi) is 4.55. The van der Waals surface area contributed by atoms with Gasteiger partial charge in [0.1, 0.15) is 0 Å². The first-order valence-electron chi connectivity index (χ1n) is 6.75. The second-order valence-corrected chi connectivity index (χ2v) is 5.22. The second kappa shape index (κ2) is 6.17. The number of nitrogens with two attached hydrogens (primary N) is 1. The zero-order valence-electron chi connectivity index (χ0n) is 10.1. The van der Waals surface area contributed by atoms with Crippen molar-refractivity contribution < 1.29 is 0 Å². The molecule has 0 heterocycles. The third-order valence-electron chi connectivity index (χ3n) is 3.80. The molecule has 0 radical (unpaired) electrons. The fourth-order valence-electron chi connectivity index (χ4n) is 2.64. The Hall–Kier alpha value is -0.660. The fraction of sp³-hybridized carbons (Fsp3) is 0.923. The molecule has 0 saturated heterocycles. The van der Waals surface area contributed by atoms with Gasteiger partial charge in [-0.25, -0.2) is 9.98 Å². The third kappa shape index (κ3) is 3.73. The highest BCUT2D eigenvalue weighted by Crippen LogP contribution is 2.21. The minimum absolute atomic E-state index is 0.404. The number of nitrogens with zero attached hydrogens (tertiary/aromatic N) is 2. The van der Waals surface area contributed by atoms with Crippen molar-refractivity contribution in [3.8, 4) is 0 Å². The summed E-state index contributed by atoms with van der Waals surface area (Å²) in [4.78, 5) is 8.89. The van der Waals surface area contributed by atoms with Gasteiger partial charge in [-0.15, -0.1) is 0 Å². The minimum atomic E-state index is 0.404. The molecule has 2 aliphatic carbocycles. The molecule has 2 aliphatic rings. The summed E-state index contributed by atoms with van der Waals surface area (Å²) in [5, 5.41) is 0. The van der Waals surface area contributed by atoms with E-state index in [1.165, 1.54) is 32.1 Å². The van der Waals surface area contributed by atoms with E-state index in [-0.39, 0.29) is 0 Å². The van der Waals surface area contributed by atoms with Gasteiger partial charge in [-0.3, -0.25) is 0 Å². The molecule has 0 aromatic heterocycles. The average molecular weight is 221 g/mol. The summed E-state index contributed by atoms with van der Waals surface area (Å²) >= 11 is 0. The van der Waals surface area contributed by atoms with Gasteiger partial charge in [-0.1, -0.05) is 19.3 Å². The lowest BCUT2D eigenvalue weighted by Gasteiger charge is -2.22. The highest BCUT2D eigenvalue weighted by atomic mass is 14.9. The SMILES string of the molecule is NC1CCC(N=C=NC2CCCCC2)CC1. The van der Waals surface area contributed by atoms with E-state index in [0.717, 1.165) is 25.7 Å². The minimum Gasteiger partial charge on any atom is -0.328 e. The van der Waals surface area contributed by atoms with Gasteiger partial charge < -0.3 is 5.73 Å². The molecule has 0 aliphatic heterocycles. The van der Waals surface area contributed by atoms with Crippen molar-refractivity contribution in [2.75, 3.05) is 0 Å². The van der Waals surface area contributed by atoms with Gasteiger partial charge in [0.05, 0.1) is 18.1 Å². The number of rotatable bonds is 2. The van der Waals surface area contributed by atoms with Crippen molar-refractivity contribution in [1.29, 1.82) is 0 Å². The highest BCUT2D eigenvalue weighted by Gasteiger charge is 2.17. The zero-order valence-corrected chi connectivity index (χ0v) is 10.1. The van der Waals surface area contributed by atoms with Gasteiger partial charge in [0.2, 0.25) is 0 Å². The van der Waals surface area contributed by atoms with Crippen LogP contribution in [0.1, 0.15) is 57.8 Å². The molecule has 0 amide bonds. The molecule has 2 N–H and O–H groups in total. The summed E-state index contributed by atoms with van der Waals surface area (Å²) in [5.74, 6) is 0. The molecule has 16 heavy (non-hydrogen) atoms. The molecule has 0 atom stereocenters. The van der Waals surface area contributed by atoms with E-state index < -0.39 is 0 Å². The predicted molar refractivity (Wildman–Crippen MR) is 67.0 cm³/mol. The monoisotopic (exact) mass is 221 g/mol. The number of aliphatic imine (C=N–C) groups is 2. The van der Waals surface area contributed by atoms with Crippen molar-refractivity contribution >= 4 is 6.01 Å². The van der Waals surface area contributed by atoms with Gasteiger partial charge in [-0.2, -0.15) is 0 Å². The van der Waals surface area contributed by atoms with Crippen LogP contribution in [0.4, 0.5) is 0 Å². The van der Waals surface area contributed by atoms with Crippen LogP contribution in [0.2, 0.25) is 0 Å². The van der Waals surface area contributed by atoms with Crippen LogP contribution >= 0.6 is 0 Å². The Morgan fingerprint density at radius 2 is 1.31 bits per heavy atom. The molecule has 0 aromatic rings. The van der Waals surface area contributed by atoms with Crippen molar-refractivity contribution in [1.82, 2.24) is 0 Å². The van der Waals surface area contributed by atoms with E-state index in [2.05, 4.69) is 16.0 Å². The van der Waals surface area contributed by atoms with E-state index in [1.54, 1.807) is 0 Å².